The van der Waals surface area contributed by atoms with Crippen LogP contribution in [0.1, 0.15) is 48.3 Å². The van der Waals surface area contributed by atoms with Gasteiger partial charge in [0, 0.05) is 5.56 Å². The summed E-state index contributed by atoms with van der Waals surface area (Å²) in [5.41, 5.74) is 4.26. The maximum atomic E-state index is 6.00. The van der Waals surface area contributed by atoms with Crippen molar-refractivity contribution in [2.75, 3.05) is 6.61 Å². The lowest BCUT2D eigenvalue weighted by atomic mass is 9.73. The largest absolute Gasteiger partial charge is 0.493 e. The van der Waals surface area contributed by atoms with Crippen LogP contribution in [0, 0.1) is 19.8 Å². The Hall–Kier alpha value is -0.980. The van der Waals surface area contributed by atoms with Gasteiger partial charge in [0.25, 0.3) is 0 Å². The van der Waals surface area contributed by atoms with Gasteiger partial charge in [0.1, 0.15) is 5.75 Å². The summed E-state index contributed by atoms with van der Waals surface area (Å²) in [6.07, 6.45) is 5.52. The number of rotatable bonds is 0. The van der Waals surface area contributed by atoms with Gasteiger partial charge in [-0.3, -0.25) is 0 Å². The van der Waals surface area contributed by atoms with E-state index in [-0.39, 0.29) is 0 Å². The Balaban J connectivity index is 2.10. The molecule has 0 N–H and O–H groups in total. The van der Waals surface area contributed by atoms with Crippen molar-refractivity contribution in [2.24, 2.45) is 5.92 Å². The predicted molar refractivity (Wildman–Crippen MR) is 66.1 cm³/mol. The van der Waals surface area contributed by atoms with Gasteiger partial charge in [-0.25, -0.2) is 0 Å². The molecule has 0 radical (unpaired) electrons. The van der Waals surface area contributed by atoms with E-state index in [1.807, 2.05) is 0 Å². The van der Waals surface area contributed by atoms with E-state index in [0.717, 1.165) is 18.4 Å². The lowest BCUT2D eigenvalue weighted by Crippen LogP contribution is -2.29. The Kier molecular flexibility index (Phi) is 2.42. The third-order valence-electron chi connectivity index (χ3n) is 4.33. The van der Waals surface area contributed by atoms with Crippen LogP contribution in [0.25, 0.3) is 0 Å². The van der Waals surface area contributed by atoms with Gasteiger partial charge in [-0.15, -0.1) is 0 Å². The monoisotopic (exact) mass is 216 g/mol. The van der Waals surface area contributed by atoms with Crippen LogP contribution in [0.4, 0.5) is 0 Å². The molecule has 2 aliphatic rings. The van der Waals surface area contributed by atoms with Crippen molar-refractivity contribution in [3.8, 4) is 5.75 Å². The summed E-state index contributed by atoms with van der Waals surface area (Å²) in [6, 6.07) is 4.45. The Morgan fingerprint density at radius 2 is 1.81 bits per heavy atom. The minimum atomic E-state index is 0.775. The average molecular weight is 216 g/mol. The molecule has 0 bridgehead atoms. The van der Waals surface area contributed by atoms with Gasteiger partial charge in [-0.05, 0) is 49.7 Å². The van der Waals surface area contributed by atoms with Gasteiger partial charge in [-0.2, -0.15) is 0 Å². The Bertz CT molecular complexity index is 408. The fourth-order valence-corrected chi connectivity index (χ4v) is 3.44. The van der Waals surface area contributed by atoms with Crippen molar-refractivity contribution < 1.29 is 4.74 Å². The van der Waals surface area contributed by atoms with Crippen LogP contribution in [0.2, 0.25) is 0 Å². The molecule has 1 fully saturated rings. The molecule has 1 aromatic carbocycles. The highest BCUT2D eigenvalue weighted by Gasteiger charge is 2.34. The summed E-state index contributed by atoms with van der Waals surface area (Å²) in [5.74, 6) is 2.75. The molecule has 0 aromatic heterocycles. The number of hydrogen-bond donors (Lipinski definition) is 0. The number of fused-ring (bicyclic) bond motifs is 3. The zero-order chi connectivity index (χ0) is 11.1. The number of benzene rings is 1. The van der Waals surface area contributed by atoms with Gasteiger partial charge >= 0.3 is 0 Å². The molecule has 1 nitrogen and oxygen atoms in total. The predicted octanol–water partition coefficient (Wildman–Crippen LogP) is 3.97. The van der Waals surface area contributed by atoms with E-state index in [9.17, 15) is 0 Å². The zero-order valence-electron chi connectivity index (χ0n) is 10.3. The first kappa shape index (κ1) is 10.2. The third kappa shape index (κ3) is 1.45. The van der Waals surface area contributed by atoms with Crippen molar-refractivity contribution in [2.45, 2.75) is 45.4 Å². The third-order valence-corrected chi connectivity index (χ3v) is 4.33. The molecule has 16 heavy (non-hydrogen) atoms. The van der Waals surface area contributed by atoms with Crippen LogP contribution in [0.5, 0.6) is 5.75 Å². The average Bonchev–Trinajstić information content (AvgIpc) is 2.33. The maximum absolute atomic E-state index is 6.00. The summed E-state index contributed by atoms with van der Waals surface area (Å²) in [7, 11) is 0. The van der Waals surface area contributed by atoms with Crippen molar-refractivity contribution in [1.82, 2.24) is 0 Å². The lowest BCUT2D eigenvalue weighted by Gasteiger charge is -2.38. The molecule has 1 aliphatic heterocycles. The molecule has 1 heterocycles. The molecule has 2 atom stereocenters. The first-order valence-electron chi connectivity index (χ1n) is 6.50. The summed E-state index contributed by atoms with van der Waals surface area (Å²) < 4.78 is 6.00. The zero-order valence-corrected chi connectivity index (χ0v) is 10.3. The van der Waals surface area contributed by atoms with Gasteiger partial charge in [0.05, 0.1) is 6.61 Å². The second-order valence-corrected chi connectivity index (χ2v) is 5.40. The lowest BCUT2D eigenvalue weighted by molar-refractivity contribution is 0.156. The maximum Gasteiger partial charge on any atom is 0.125 e. The SMILES string of the molecule is Cc1ccc(C)c2c1OCC1CCCCC21. The minimum absolute atomic E-state index is 0.775. The molecule has 0 amide bonds. The minimum Gasteiger partial charge on any atom is -0.493 e. The molecule has 86 valence electrons. The highest BCUT2D eigenvalue weighted by atomic mass is 16.5. The van der Waals surface area contributed by atoms with Crippen LogP contribution >= 0.6 is 0 Å². The van der Waals surface area contributed by atoms with Crippen molar-refractivity contribution in [3.63, 3.8) is 0 Å². The van der Waals surface area contributed by atoms with Gasteiger partial charge in [-0.1, -0.05) is 25.0 Å². The molecule has 1 saturated carbocycles. The van der Waals surface area contributed by atoms with Crippen LogP contribution in [-0.4, -0.2) is 6.61 Å². The summed E-state index contributed by atoms with van der Waals surface area (Å²) in [5, 5.41) is 0. The summed E-state index contributed by atoms with van der Waals surface area (Å²) in [4.78, 5) is 0. The second kappa shape index (κ2) is 3.80. The van der Waals surface area contributed by atoms with Crippen LogP contribution < -0.4 is 4.74 Å². The van der Waals surface area contributed by atoms with Crippen LogP contribution in [0.3, 0.4) is 0 Å². The van der Waals surface area contributed by atoms with Gasteiger partial charge in [0.15, 0.2) is 0 Å². The van der Waals surface area contributed by atoms with Crippen LogP contribution in [-0.2, 0) is 0 Å². The summed E-state index contributed by atoms with van der Waals surface area (Å²) >= 11 is 0. The molecular weight excluding hydrogens is 196 g/mol. The fourth-order valence-electron chi connectivity index (χ4n) is 3.44. The topological polar surface area (TPSA) is 9.23 Å². The Labute approximate surface area is 97.8 Å². The smallest absolute Gasteiger partial charge is 0.125 e. The van der Waals surface area contributed by atoms with Gasteiger partial charge in [0.2, 0.25) is 0 Å². The van der Waals surface area contributed by atoms with Gasteiger partial charge < -0.3 is 4.74 Å². The van der Waals surface area contributed by atoms with E-state index in [0.29, 0.717) is 0 Å². The van der Waals surface area contributed by atoms with Crippen molar-refractivity contribution in [1.29, 1.82) is 0 Å². The molecule has 0 spiro atoms. The quantitative estimate of drug-likeness (QED) is 0.637. The first-order valence-corrected chi connectivity index (χ1v) is 6.50. The van der Waals surface area contributed by atoms with E-state index in [1.165, 1.54) is 48.1 Å². The molecular formula is C15H20O. The molecule has 1 aromatic rings. The molecule has 0 saturated heterocycles. The fraction of sp³-hybridized carbons (Fsp3) is 0.600. The van der Waals surface area contributed by atoms with E-state index in [4.69, 9.17) is 4.74 Å². The van der Waals surface area contributed by atoms with E-state index in [1.54, 1.807) is 0 Å². The standard InChI is InChI=1S/C15H20O/c1-10-7-8-11(2)15-14(10)13-6-4-3-5-12(13)9-16-15/h7-8,12-13H,3-6,9H2,1-2H3. The number of hydrogen-bond acceptors (Lipinski definition) is 1. The molecule has 2 unspecified atom stereocenters. The highest BCUT2D eigenvalue weighted by Crippen LogP contribution is 2.47. The van der Waals surface area contributed by atoms with E-state index < -0.39 is 0 Å². The van der Waals surface area contributed by atoms with E-state index >= 15 is 0 Å². The van der Waals surface area contributed by atoms with E-state index in [2.05, 4.69) is 26.0 Å². The number of ether oxygens (including phenoxy) is 1. The first-order chi connectivity index (χ1) is 7.77. The number of aryl methyl sites for hydroxylation is 2. The van der Waals surface area contributed by atoms with Crippen molar-refractivity contribution in [3.05, 3.63) is 28.8 Å². The summed E-state index contributed by atoms with van der Waals surface area (Å²) in [6.45, 7) is 5.35. The molecule has 3 rings (SSSR count). The normalized spacial score (nSPS) is 27.9. The Morgan fingerprint density at radius 3 is 2.69 bits per heavy atom. The Morgan fingerprint density at radius 1 is 1.06 bits per heavy atom. The highest BCUT2D eigenvalue weighted by molar-refractivity contribution is 5.49. The molecule has 1 aliphatic carbocycles. The second-order valence-electron chi connectivity index (χ2n) is 5.40. The van der Waals surface area contributed by atoms with Crippen molar-refractivity contribution >= 4 is 0 Å². The molecule has 1 heteroatoms. The van der Waals surface area contributed by atoms with Crippen LogP contribution in [0.15, 0.2) is 12.1 Å².